The number of thioether (sulfide) groups is 1. The number of nitrogens with one attached hydrogen (secondary N) is 1. The van der Waals surface area contributed by atoms with E-state index in [4.69, 9.17) is 16.3 Å². The summed E-state index contributed by atoms with van der Waals surface area (Å²) in [4.78, 5) is 11.8. The molecule has 0 aliphatic heterocycles. The van der Waals surface area contributed by atoms with Crippen LogP contribution in [-0.4, -0.2) is 24.8 Å². The van der Waals surface area contributed by atoms with Crippen molar-refractivity contribution in [2.45, 2.75) is 19.1 Å². The van der Waals surface area contributed by atoms with Gasteiger partial charge in [-0.05, 0) is 41.8 Å². The van der Waals surface area contributed by atoms with Crippen molar-refractivity contribution in [2.75, 3.05) is 18.9 Å². The van der Waals surface area contributed by atoms with E-state index in [1.807, 2.05) is 48.5 Å². The first-order chi connectivity index (χ1) is 11.7. The van der Waals surface area contributed by atoms with E-state index in [0.717, 1.165) is 28.7 Å². The monoisotopic (exact) mass is 363 g/mol. The lowest BCUT2D eigenvalue weighted by Crippen LogP contribution is -2.30. The molecule has 1 amide bonds. The van der Waals surface area contributed by atoms with Crippen LogP contribution in [0.3, 0.4) is 0 Å². The number of benzene rings is 2. The Kier molecular flexibility index (Phi) is 7.99. The molecule has 24 heavy (non-hydrogen) atoms. The van der Waals surface area contributed by atoms with Crippen LogP contribution in [0.15, 0.2) is 48.5 Å². The number of amides is 1. The summed E-state index contributed by atoms with van der Waals surface area (Å²) < 4.78 is 5.47. The summed E-state index contributed by atoms with van der Waals surface area (Å²) in [5.41, 5.74) is 2.49. The van der Waals surface area contributed by atoms with E-state index in [9.17, 15) is 4.79 Å². The van der Waals surface area contributed by atoms with Crippen LogP contribution in [0.5, 0.6) is 5.75 Å². The van der Waals surface area contributed by atoms with Crippen LogP contribution in [0.2, 0.25) is 5.02 Å². The fourth-order valence-electron chi connectivity index (χ4n) is 2.05. The highest BCUT2D eigenvalue weighted by molar-refractivity contribution is 7.98. The molecule has 3 nitrogen and oxygen atoms in total. The summed E-state index contributed by atoms with van der Waals surface area (Å²) in [6.45, 7) is 2.79. The number of carbonyl (C=O) groups excluding carboxylic acids is 1. The zero-order valence-electron chi connectivity index (χ0n) is 13.8. The average Bonchev–Trinajstić information content (AvgIpc) is 2.61. The van der Waals surface area contributed by atoms with E-state index in [1.54, 1.807) is 11.8 Å². The molecule has 0 bridgehead atoms. The number of aryl methyl sites for hydroxylation is 1. The van der Waals surface area contributed by atoms with Gasteiger partial charge in [0.2, 0.25) is 0 Å². The molecule has 128 valence electrons. The van der Waals surface area contributed by atoms with E-state index < -0.39 is 0 Å². The highest BCUT2D eigenvalue weighted by Gasteiger charge is 2.02. The Labute approximate surface area is 152 Å². The second-order valence-electron chi connectivity index (χ2n) is 5.32. The fraction of sp³-hybridized carbons (Fsp3) is 0.316. The van der Waals surface area contributed by atoms with Gasteiger partial charge in [0.25, 0.3) is 5.91 Å². The van der Waals surface area contributed by atoms with Crippen LogP contribution in [0.25, 0.3) is 0 Å². The summed E-state index contributed by atoms with van der Waals surface area (Å²) in [7, 11) is 0. The van der Waals surface area contributed by atoms with Crippen LogP contribution in [-0.2, 0) is 17.0 Å². The van der Waals surface area contributed by atoms with Crippen molar-refractivity contribution in [3.8, 4) is 5.75 Å². The molecule has 0 aliphatic rings. The average molecular weight is 364 g/mol. The quantitative estimate of drug-likeness (QED) is 0.674. The molecule has 2 aromatic rings. The first kappa shape index (κ1) is 18.7. The van der Waals surface area contributed by atoms with Crippen molar-refractivity contribution in [2.24, 2.45) is 0 Å². The number of rotatable bonds is 9. The predicted octanol–water partition coefficient (Wildman–Crippen LogP) is 4.33. The normalized spacial score (nSPS) is 10.4. The van der Waals surface area contributed by atoms with Crippen molar-refractivity contribution >= 4 is 29.3 Å². The van der Waals surface area contributed by atoms with E-state index in [1.165, 1.54) is 11.1 Å². The lowest BCUT2D eigenvalue weighted by atomic mass is 10.2. The van der Waals surface area contributed by atoms with Gasteiger partial charge in [0.15, 0.2) is 6.61 Å². The standard InChI is InChI=1S/C19H22ClNO2S/c1-2-15-5-9-18(10-6-15)23-13-19(22)21-11-12-24-14-16-3-7-17(20)8-4-16/h3-10H,2,11-14H2,1H3,(H,21,22). The molecule has 0 heterocycles. The molecule has 0 spiro atoms. The first-order valence-electron chi connectivity index (χ1n) is 7.98. The first-order valence-corrected chi connectivity index (χ1v) is 9.51. The van der Waals surface area contributed by atoms with Gasteiger partial charge in [-0.1, -0.05) is 42.8 Å². The summed E-state index contributed by atoms with van der Waals surface area (Å²) in [5.74, 6) is 2.40. The Hall–Kier alpha value is -1.65. The van der Waals surface area contributed by atoms with Gasteiger partial charge >= 0.3 is 0 Å². The Morgan fingerprint density at radius 3 is 2.42 bits per heavy atom. The lowest BCUT2D eigenvalue weighted by Gasteiger charge is -2.08. The Morgan fingerprint density at radius 2 is 1.75 bits per heavy atom. The summed E-state index contributed by atoms with van der Waals surface area (Å²) in [6, 6.07) is 15.6. The van der Waals surface area contributed by atoms with Gasteiger partial charge in [-0.25, -0.2) is 0 Å². The van der Waals surface area contributed by atoms with Crippen LogP contribution in [0.4, 0.5) is 0 Å². The second kappa shape index (κ2) is 10.3. The van der Waals surface area contributed by atoms with Gasteiger partial charge in [0, 0.05) is 23.1 Å². The zero-order valence-corrected chi connectivity index (χ0v) is 15.3. The minimum absolute atomic E-state index is 0.0489. The molecule has 1 N–H and O–H groups in total. The number of hydrogen-bond acceptors (Lipinski definition) is 3. The van der Waals surface area contributed by atoms with Crippen molar-refractivity contribution in [1.82, 2.24) is 5.32 Å². The van der Waals surface area contributed by atoms with Crippen LogP contribution in [0, 0.1) is 0 Å². The SMILES string of the molecule is CCc1ccc(OCC(=O)NCCSCc2ccc(Cl)cc2)cc1. The molecule has 0 aromatic heterocycles. The molecule has 0 saturated carbocycles. The fourth-order valence-corrected chi connectivity index (χ4v) is 3.00. The van der Waals surface area contributed by atoms with Crippen molar-refractivity contribution in [3.63, 3.8) is 0 Å². The maximum absolute atomic E-state index is 11.8. The third-order valence-corrected chi connectivity index (χ3v) is 4.73. The van der Waals surface area contributed by atoms with Gasteiger partial charge < -0.3 is 10.1 Å². The van der Waals surface area contributed by atoms with Crippen molar-refractivity contribution < 1.29 is 9.53 Å². The molecule has 0 unspecified atom stereocenters. The molecule has 2 aromatic carbocycles. The lowest BCUT2D eigenvalue weighted by molar-refractivity contribution is -0.122. The smallest absolute Gasteiger partial charge is 0.257 e. The number of halogens is 1. The van der Waals surface area contributed by atoms with Crippen LogP contribution < -0.4 is 10.1 Å². The maximum atomic E-state index is 11.8. The van der Waals surface area contributed by atoms with Gasteiger partial charge in [0.1, 0.15) is 5.75 Å². The predicted molar refractivity (Wildman–Crippen MR) is 102 cm³/mol. The van der Waals surface area contributed by atoms with Gasteiger partial charge in [-0.3, -0.25) is 4.79 Å². The van der Waals surface area contributed by atoms with Gasteiger partial charge in [-0.15, -0.1) is 0 Å². The highest BCUT2D eigenvalue weighted by Crippen LogP contribution is 2.15. The van der Waals surface area contributed by atoms with Crippen LogP contribution in [0.1, 0.15) is 18.1 Å². The number of carbonyl (C=O) groups is 1. The highest BCUT2D eigenvalue weighted by atomic mass is 35.5. The molecule has 0 saturated heterocycles. The van der Waals surface area contributed by atoms with Gasteiger partial charge in [-0.2, -0.15) is 11.8 Å². The minimum atomic E-state index is -0.0957. The minimum Gasteiger partial charge on any atom is -0.484 e. The Balaban J connectivity index is 1.56. The van der Waals surface area contributed by atoms with E-state index in [0.29, 0.717) is 6.54 Å². The van der Waals surface area contributed by atoms with E-state index >= 15 is 0 Å². The topological polar surface area (TPSA) is 38.3 Å². The Morgan fingerprint density at radius 1 is 1.08 bits per heavy atom. The largest absolute Gasteiger partial charge is 0.484 e. The summed E-state index contributed by atoms with van der Waals surface area (Å²) >= 11 is 7.63. The molecule has 0 aliphatic carbocycles. The zero-order chi connectivity index (χ0) is 17.2. The molecule has 0 atom stereocenters. The molecule has 0 radical (unpaired) electrons. The molecule has 2 rings (SSSR count). The summed E-state index contributed by atoms with van der Waals surface area (Å²) in [6.07, 6.45) is 0.994. The third-order valence-electron chi connectivity index (χ3n) is 3.45. The van der Waals surface area contributed by atoms with Crippen molar-refractivity contribution in [1.29, 1.82) is 0 Å². The van der Waals surface area contributed by atoms with E-state index in [-0.39, 0.29) is 12.5 Å². The van der Waals surface area contributed by atoms with Gasteiger partial charge in [0.05, 0.1) is 0 Å². The summed E-state index contributed by atoms with van der Waals surface area (Å²) in [5, 5.41) is 3.62. The molecule has 0 fully saturated rings. The number of ether oxygens (including phenoxy) is 1. The molecular formula is C19H22ClNO2S. The van der Waals surface area contributed by atoms with Crippen molar-refractivity contribution in [3.05, 3.63) is 64.7 Å². The second-order valence-corrected chi connectivity index (χ2v) is 6.86. The third kappa shape index (κ3) is 6.85. The Bertz CT molecular complexity index is 629. The maximum Gasteiger partial charge on any atom is 0.257 e. The molecule has 5 heteroatoms. The van der Waals surface area contributed by atoms with Crippen LogP contribution >= 0.6 is 23.4 Å². The van der Waals surface area contributed by atoms with E-state index in [2.05, 4.69) is 12.2 Å². The number of hydrogen-bond donors (Lipinski definition) is 1. The molecular weight excluding hydrogens is 342 g/mol.